The van der Waals surface area contributed by atoms with Crippen LogP contribution in [0.4, 0.5) is 0 Å². The van der Waals surface area contributed by atoms with Gasteiger partial charge in [-0.2, -0.15) is 0 Å². The smallest absolute Gasteiger partial charge is 0.0643 e. The van der Waals surface area contributed by atoms with E-state index in [2.05, 4.69) is 19.1 Å². The van der Waals surface area contributed by atoms with E-state index in [1.807, 2.05) is 0 Å². The zero-order valence-corrected chi connectivity index (χ0v) is 11.4. The molecule has 2 aliphatic rings. The Labute approximate surface area is 107 Å². The average Bonchev–Trinajstić information content (AvgIpc) is 2.94. The number of ether oxygens (including phenoxy) is 1. The molecule has 0 saturated heterocycles. The van der Waals surface area contributed by atoms with Crippen LogP contribution in [0.3, 0.4) is 0 Å². The van der Waals surface area contributed by atoms with E-state index < -0.39 is 0 Å². The van der Waals surface area contributed by atoms with Gasteiger partial charge in [-0.05, 0) is 25.2 Å². The lowest BCUT2D eigenvalue weighted by Gasteiger charge is -2.18. The fraction of sp³-hybridized carbons (Fsp3) is 0.875. The standard InChI is InChI=1S/C16H28O/c1-2-3-4-5-6-7-8-11-17-16-13-14-9-10-15(16)12-14/h9-10,14-16H,2-8,11-13H2,1H3. The van der Waals surface area contributed by atoms with Gasteiger partial charge in [0.25, 0.3) is 0 Å². The number of allylic oxidation sites excluding steroid dienone is 1. The minimum Gasteiger partial charge on any atom is -0.378 e. The van der Waals surface area contributed by atoms with Gasteiger partial charge in [0.05, 0.1) is 6.10 Å². The molecule has 1 heteroatoms. The summed E-state index contributed by atoms with van der Waals surface area (Å²) in [5.41, 5.74) is 0. The summed E-state index contributed by atoms with van der Waals surface area (Å²) in [5.74, 6) is 1.60. The third-order valence-electron chi connectivity index (χ3n) is 4.30. The van der Waals surface area contributed by atoms with Gasteiger partial charge in [-0.3, -0.25) is 0 Å². The van der Waals surface area contributed by atoms with Crippen LogP contribution in [0.5, 0.6) is 0 Å². The molecule has 1 nitrogen and oxygen atoms in total. The first-order valence-corrected chi connectivity index (χ1v) is 7.70. The Bertz CT molecular complexity index is 234. The largest absolute Gasteiger partial charge is 0.378 e. The molecule has 2 rings (SSSR count). The first-order valence-electron chi connectivity index (χ1n) is 7.70. The van der Waals surface area contributed by atoms with Crippen LogP contribution < -0.4 is 0 Å². The van der Waals surface area contributed by atoms with Gasteiger partial charge in [-0.1, -0.05) is 57.6 Å². The molecule has 0 aromatic rings. The molecule has 2 bridgehead atoms. The van der Waals surface area contributed by atoms with Crippen molar-refractivity contribution in [2.45, 2.75) is 70.8 Å². The number of rotatable bonds is 9. The fourth-order valence-electron chi connectivity index (χ4n) is 3.22. The SMILES string of the molecule is CCCCCCCCCOC1CC2C=CC1C2. The average molecular weight is 236 g/mol. The van der Waals surface area contributed by atoms with Gasteiger partial charge < -0.3 is 4.74 Å². The van der Waals surface area contributed by atoms with E-state index in [9.17, 15) is 0 Å². The highest BCUT2D eigenvalue weighted by Crippen LogP contribution is 2.40. The predicted molar refractivity (Wildman–Crippen MR) is 73.1 cm³/mol. The minimum atomic E-state index is 0.560. The molecule has 0 aliphatic heterocycles. The van der Waals surface area contributed by atoms with E-state index in [1.165, 1.54) is 57.8 Å². The Morgan fingerprint density at radius 1 is 0.941 bits per heavy atom. The van der Waals surface area contributed by atoms with Gasteiger partial charge in [0.15, 0.2) is 0 Å². The second-order valence-corrected chi connectivity index (χ2v) is 5.81. The molecule has 0 amide bonds. The van der Waals surface area contributed by atoms with Crippen LogP contribution in [0.2, 0.25) is 0 Å². The summed E-state index contributed by atoms with van der Waals surface area (Å²) >= 11 is 0. The number of hydrogen-bond donors (Lipinski definition) is 0. The van der Waals surface area contributed by atoms with Crippen molar-refractivity contribution in [3.05, 3.63) is 12.2 Å². The van der Waals surface area contributed by atoms with Crippen molar-refractivity contribution in [1.29, 1.82) is 0 Å². The number of fused-ring (bicyclic) bond motifs is 2. The molecular weight excluding hydrogens is 208 g/mol. The van der Waals surface area contributed by atoms with E-state index >= 15 is 0 Å². The normalized spacial score (nSPS) is 30.3. The van der Waals surface area contributed by atoms with Gasteiger partial charge in [-0.25, -0.2) is 0 Å². The second-order valence-electron chi connectivity index (χ2n) is 5.81. The fourth-order valence-corrected chi connectivity index (χ4v) is 3.22. The molecule has 3 unspecified atom stereocenters. The highest BCUT2D eigenvalue weighted by molar-refractivity contribution is 5.10. The molecule has 0 aromatic heterocycles. The Morgan fingerprint density at radius 3 is 2.35 bits per heavy atom. The van der Waals surface area contributed by atoms with Crippen LogP contribution in [-0.4, -0.2) is 12.7 Å². The Hall–Kier alpha value is -0.300. The van der Waals surface area contributed by atoms with Crippen molar-refractivity contribution >= 4 is 0 Å². The van der Waals surface area contributed by atoms with Crippen molar-refractivity contribution in [2.24, 2.45) is 11.8 Å². The summed E-state index contributed by atoms with van der Waals surface area (Å²) in [6.07, 6.45) is 17.6. The maximum atomic E-state index is 6.01. The van der Waals surface area contributed by atoms with Gasteiger partial charge >= 0.3 is 0 Å². The van der Waals surface area contributed by atoms with Crippen LogP contribution in [0, 0.1) is 11.8 Å². The summed E-state index contributed by atoms with van der Waals surface area (Å²) in [4.78, 5) is 0. The zero-order valence-electron chi connectivity index (χ0n) is 11.4. The lowest BCUT2D eigenvalue weighted by Crippen LogP contribution is -2.18. The highest BCUT2D eigenvalue weighted by Gasteiger charge is 2.35. The molecule has 1 saturated carbocycles. The van der Waals surface area contributed by atoms with Crippen LogP contribution >= 0.6 is 0 Å². The van der Waals surface area contributed by atoms with Crippen LogP contribution in [0.25, 0.3) is 0 Å². The molecule has 0 radical (unpaired) electrons. The predicted octanol–water partition coefficient (Wildman–Crippen LogP) is 4.72. The van der Waals surface area contributed by atoms with E-state index in [4.69, 9.17) is 4.74 Å². The van der Waals surface area contributed by atoms with Gasteiger partial charge in [0.1, 0.15) is 0 Å². The first-order chi connectivity index (χ1) is 8.40. The van der Waals surface area contributed by atoms with Gasteiger partial charge in [-0.15, -0.1) is 0 Å². The second kappa shape index (κ2) is 7.20. The molecule has 2 aliphatic carbocycles. The van der Waals surface area contributed by atoms with Crippen molar-refractivity contribution in [3.63, 3.8) is 0 Å². The molecule has 17 heavy (non-hydrogen) atoms. The molecule has 0 aromatic carbocycles. The van der Waals surface area contributed by atoms with E-state index in [-0.39, 0.29) is 0 Å². The van der Waals surface area contributed by atoms with Crippen molar-refractivity contribution in [2.75, 3.05) is 6.61 Å². The third kappa shape index (κ3) is 4.13. The Morgan fingerprint density at radius 2 is 1.71 bits per heavy atom. The first kappa shape index (κ1) is 13.1. The molecule has 0 N–H and O–H groups in total. The van der Waals surface area contributed by atoms with Crippen LogP contribution in [0.15, 0.2) is 12.2 Å². The van der Waals surface area contributed by atoms with E-state index in [1.54, 1.807) is 0 Å². The summed E-state index contributed by atoms with van der Waals surface area (Å²) in [6.45, 7) is 3.27. The minimum absolute atomic E-state index is 0.560. The summed E-state index contributed by atoms with van der Waals surface area (Å²) in [6, 6.07) is 0. The highest BCUT2D eigenvalue weighted by atomic mass is 16.5. The number of unbranched alkanes of at least 4 members (excludes halogenated alkanes) is 6. The van der Waals surface area contributed by atoms with Crippen molar-refractivity contribution in [3.8, 4) is 0 Å². The molecule has 1 fully saturated rings. The van der Waals surface area contributed by atoms with Crippen molar-refractivity contribution < 1.29 is 4.74 Å². The number of hydrogen-bond acceptors (Lipinski definition) is 1. The molecule has 98 valence electrons. The van der Waals surface area contributed by atoms with Gasteiger partial charge in [0, 0.05) is 12.5 Å². The summed E-state index contributed by atoms with van der Waals surface area (Å²) in [5, 5.41) is 0. The molecule has 0 spiro atoms. The topological polar surface area (TPSA) is 9.23 Å². The molecule has 0 heterocycles. The maximum absolute atomic E-state index is 6.01. The van der Waals surface area contributed by atoms with Gasteiger partial charge in [0.2, 0.25) is 0 Å². The Kier molecular flexibility index (Phi) is 5.57. The third-order valence-corrected chi connectivity index (χ3v) is 4.30. The lowest BCUT2D eigenvalue weighted by molar-refractivity contribution is 0.0342. The van der Waals surface area contributed by atoms with Crippen LogP contribution in [-0.2, 0) is 4.74 Å². The van der Waals surface area contributed by atoms with E-state index in [0.717, 1.165) is 18.4 Å². The molecular formula is C16H28O. The summed E-state index contributed by atoms with van der Waals surface area (Å²) < 4.78 is 6.01. The van der Waals surface area contributed by atoms with Crippen molar-refractivity contribution in [1.82, 2.24) is 0 Å². The molecule has 3 atom stereocenters. The summed E-state index contributed by atoms with van der Waals surface area (Å²) in [7, 11) is 0. The maximum Gasteiger partial charge on any atom is 0.0643 e. The lowest BCUT2D eigenvalue weighted by atomic mass is 10.0. The quantitative estimate of drug-likeness (QED) is 0.416. The van der Waals surface area contributed by atoms with Crippen LogP contribution in [0.1, 0.15) is 64.7 Å². The Balaban J connectivity index is 1.41. The van der Waals surface area contributed by atoms with E-state index in [0.29, 0.717) is 6.10 Å². The zero-order chi connectivity index (χ0) is 11.9. The monoisotopic (exact) mass is 236 g/mol.